The summed E-state index contributed by atoms with van der Waals surface area (Å²) < 4.78 is 11.3. The van der Waals surface area contributed by atoms with Crippen LogP contribution in [0.4, 0.5) is 0 Å². The van der Waals surface area contributed by atoms with Gasteiger partial charge in [-0.1, -0.05) is 17.7 Å². The van der Waals surface area contributed by atoms with E-state index in [1.807, 2.05) is 6.92 Å². The molecule has 1 saturated heterocycles. The molecule has 0 saturated carbocycles. The summed E-state index contributed by atoms with van der Waals surface area (Å²) in [5, 5.41) is 0. The molecule has 4 nitrogen and oxygen atoms in total. The number of nitrogens with zero attached hydrogens (tertiary/aromatic N) is 1. The Balaban J connectivity index is 1.87. The average Bonchev–Trinajstić information content (AvgIpc) is 2.42. The first kappa shape index (κ1) is 15.3. The van der Waals surface area contributed by atoms with E-state index in [1.54, 1.807) is 0 Å². The molecule has 2 rings (SSSR count). The van der Waals surface area contributed by atoms with E-state index >= 15 is 0 Å². The molecular formula is C16H26N2O2. The fraction of sp³-hybridized carbons (Fsp3) is 0.625. The fourth-order valence-electron chi connectivity index (χ4n) is 2.46. The van der Waals surface area contributed by atoms with Crippen molar-refractivity contribution < 1.29 is 9.47 Å². The zero-order chi connectivity index (χ0) is 14.4. The number of nitrogens with two attached hydrogens (primary N) is 1. The van der Waals surface area contributed by atoms with E-state index in [0.29, 0.717) is 0 Å². The Kier molecular flexibility index (Phi) is 5.83. The first-order valence-electron chi connectivity index (χ1n) is 7.43. The van der Waals surface area contributed by atoms with Crippen molar-refractivity contribution in [1.29, 1.82) is 0 Å². The third-order valence-electron chi connectivity index (χ3n) is 3.53. The molecule has 0 aromatic heterocycles. The highest BCUT2D eigenvalue weighted by Gasteiger charge is 2.11. The van der Waals surface area contributed by atoms with Crippen LogP contribution in [0.15, 0.2) is 18.2 Å². The molecule has 1 aliphatic rings. The average molecular weight is 278 g/mol. The lowest BCUT2D eigenvalue weighted by Gasteiger charge is -2.26. The predicted octanol–water partition coefficient (Wildman–Crippen LogP) is 1.60. The quantitative estimate of drug-likeness (QED) is 0.858. The molecule has 1 atom stereocenters. The molecule has 1 aromatic carbocycles. The lowest BCUT2D eigenvalue weighted by molar-refractivity contribution is 0.0322. The van der Waals surface area contributed by atoms with Crippen LogP contribution in [0.3, 0.4) is 0 Å². The third-order valence-corrected chi connectivity index (χ3v) is 3.53. The van der Waals surface area contributed by atoms with Gasteiger partial charge in [-0.2, -0.15) is 0 Å². The van der Waals surface area contributed by atoms with Gasteiger partial charge in [0.1, 0.15) is 12.4 Å². The van der Waals surface area contributed by atoms with Gasteiger partial charge in [0.2, 0.25) is 0 Å². The smallest absolute Gasteiger partial charge is 0.122 e. The maximum Gasteiger partial charge on any atom is 0.122 e. The summed E-state index contributed by atoms with van der Waals surface area (Å²) in [7, 11) is 0. The summed E-state index contributed by atoms with van der Waals surface area (Å²) in [5.74, 6) is 0.973. The largest absolute Gasteiger partial charge is 0.492 e. The molecule has 0 radical (unpaired) electrons. The highest BCUT2D eigenvalue weighted by atomic mass is 16.5. The first-order valence-corrected chi connectivity index (χ1v) is 7.43. The topological polar surface area (TPSA) is 47.7 Å². The van der Waals surface area contributed by atoms with Crippen molar-refractivity contribution in [3.05, 3.63) is 29.3 Å². The zero-order valence-electron chi connectivity index (χ0n) is 12.6. The third kappa shape index (κ3) is 4.78. The van der Waals surface area contributed by atoms with Crippen molar-refractivity contribution >= 4 is 0 Å². The van der Waals surface area contributed by atoms with E-state index in [1.165, 1.54) is 11.1 Å². The Hall–Kier alpha value is -1.10. The summed E-state index contributed by atoms with van der Waals surface area (Å²) in [6, 6.07) is 6.48. The summed E-state index contributed by atoms with van der Waals surface area (Å²) in [6.45, 7) is 9.47. The molecule has 4 heteroatoms. The molecule has 20 heavy (non-hydrogen) atoms. The van der Waals surface area contributed by atoms with Crippen LogP contribution in [0.25, 0.3) is 0 Å². The van der Waals surface area contributed by atoms with Crippen molar-refractivity contribution in [2.24, 2.45) is 5.73 Å². The lowest BCUT2D eigenvalue weighted by Crippen LogP contribution is -2.38. The van der Waals surface area contributed by atoms with Crippen molar-refractivity contribution in [2.45, 2.75) is 26.3 Å². The second-order valence-electron chi connectivity index (χ2n) is 5.60. The van der Waals surface area contributed by atoms with Crippen molar-refractivity contribution in [2.75, 3.05) is 39.5 Å². The minimum absolute atomic E-state index is 0.151. The Labute approximate surface area is 121 Å². The number of rotatable bonds is 6. The van der Waals surface area contributed by atoms with Gasteiger partial charge in [-0.15, -0.1) is 0 Å². The van der Waals surface area contributed by atoms with Crippen LogP contribution in [0.1, 0.15) is 18.1 Å². The van der Waals surface area contributed by atoms with Crippen LogP contribution in [-0.2, 0) is 11.2 Å². The standard InChI is InChI=1S/C16H26N2O2/c1-13-3-4-16(15(11-13)12-14(2)17)20-10-7-18-5-8-19-9-6-18/h3-4,11,14H,5-10,12,17H2,1-2H3. The van der Waals surface area contributed by atoms with E-state index in [2.05, 4.69) is 30.0 Å². The number of ether oxygens (including phenoxy) is 2. The maximum atomic E-state index is 5.96. The van der Waals surface area contributed by atoms with Crippen LogP contribution in [0, 0.1) is 6.92 Å². The Bertz CT molecular complexity index is 415. The SMILES string of the molecule is Cc1ccc(OCCN2CCOCC2)c(CC(C)N)c1. The second-order valence-corrected chi connectivity index (χ2v) is 5.60. The number of benzene rings is 1. The minimum atomic E-state index is 0.151. The van der Waals surface area contributed by atoms with E-state index < -0.39 is 0 Å². The molecule has 0 spiro atoms. The van der Waals surface area contributed by atoms with E-state index in [-0.39, 0.29) is 6.04 Å². The number of aryl methyl sites for hydroxylation is 1. The van der Waals surface area contributed by atoms with Crippen LogP contribution in [0.5, 0.6) is 5.75 Å². The van der Waals surface area contributed by atoms with Gasteiger partial charge < -0.3 is 15.2 Å². The molecule has 2 N–H and O–H groups in total. The molecule has 1 heterocycles. The van der Waals surface area contributed by atoms with E-state index in [9.17, 15) is 0 Å². The molecule has 0 aliphatic carbocycles. The summed E-state index contributed by atoms with van der Waals surface area (Å²) in [6.07, 6.45) is 0.856. The lowest BCUT2D eigenvalue weighted by atomic mass is 10.0. The van der Waals surface area contributed by atoms with Gasteiger partial charge in [-0.05, 0) is 31.9 Å². The Morgan fingerprint density at radius 3 is 2.80 bits per heavy atom. The Morgan fingerprint density at radius 1 is 1.35 bits per heavy atom. The zero-order valence-corrected chi connectivity index (χ0v) is 12.6. The number of hydrogen-bond acceptors (Lipinski definition) is 4. The summed E-state index contributed by atoms with van der Waals surface area (Å²) >= 11 is 0. The number of morpholine rings is 1. The van der Waals surface area contributed by atoms with Gasteiger partial charge in [-0.25, -0.2) is 0 Å². The van der Waals surface area contributed by atoms with Crippen LogP contribution >= 0.6 is 0 Å². The van der Waals surface area contributed by atoms with Crippen molar-refractivity contribution in [1.82, 2.24) is 4.90 Å². The minimum Gasteiger partial charge on any atom is -0.492 e. The molecule has 0 bridgehead atoms. The van der Waals surface area contributed by atoms with Gasteiger partial charge in [0.15, 0.2) is 0 Å². The predicted molar refractivity (Wildman–Crippen MR) is 81.3 cm³/mol. The molecule has 1 aromatic rings. The fourth-order valence-corrected chi connectivity index (χ4v) is 2.46. The summed E-state index contributed by atoms with van der Waals surface area (Å²) in [5.41, 5.74) is 8.37. The van der Waals surface area contributed by atoms with Gasteiger partial charge in [0.05, 0.1) is 13.2 Å². The highest BCUT2D eigenvalue weighted by molar-refractivity contribution is 5.37. The van der Waals surface area contributed by atoms with Gasteiger partial charge in [0, 0.05) is 25.7 Å². The van der Waals surface area contributed by atoms with Crippen LogP contribution < -0.4 is 10.5 Å². The monoisotopic (exact) mass is 278 g/mol. The normalized spacial score (nSPS) is 17.9. The van der Waals surface area contributed by atoms with Crippen LogP contribution in [0.2, 0.25) is 0 Å². The maximum absolute atomic E-state index is 5.96. The Morgan fingerprint density at radius 2 is 2.10 bits per heavy atom. The van der Waals surface area contributed by atoms with Crippen molar-refractivity contribution in [3.63, 3.8) is 0 Å². The molecule has 1 aliphatic heterocycles. The molecule has 1 fully saturated rings. The number of hydrogen-bond donors (Lipinski definition) is 1. The van der Waals surface area contributed by atoms with Gasteiger partial charge in [-0.3, -0.25) is 4.90 Å². The van der Waals surface area contributed by atoms with Crippen LogP contribution in [-0.4, -0.2) is 50.4 Å². The summed E-state index contributed by atoms with van der Waals surface area (Å²) in [4.78, 5) is 2.38. The molecule has 0 amide bonds. The van der Waals surface area contributed by atoms with Gasteiger partial charge in [0.25, 0.3) is 0 Å². The molecular weight excluding hydrogens is 252 g/mol. The molecule has 1 unspecified atom stereocenters. The first-order chi connectivity index (χ1) is 9.65. The van der Waals surface area contributed by atoms with E-state index in [4.69, 9.17) is 15.2 Å². The van der Waals surface area contributed by atoms with Crippen molar-refractivity contribution in [3.8, 4) is 5.75 Å². The van der Waals surface area contributed by atoms with E-state index in [0.717, 1.165) is 51.6 Å². The highest BCUT2D eigenvalue weighted by Crippen LogP contribution is 2.21. The molecule has 112 valence electrons. The second kappa shape index (κ2) is 7.62. The van der Waals surface area contributed by atoms with Gasteiger partial charge >= 0.3 is 0 Å².